The molecule has 0 amide bonds. The molecule has 0 heterocycles. The molecule has 1 rings (SSSR count). The summed E-state index contributed by atoms with van der Waals surface area (Å²) in [6.45, 7) is 3.06. The number of phenolic OH excluding ortho intramolecular Hbond substituents is 1. The topological polar surface area (TPSA) is 49.7 Å². The predicted octanol–water partition coefficient (Wildman–Crippen LogP) is 1.77. The lowest BCUT2D eigenvalue weighted by Crippen LogP contribution is -2.16. The van der Waals surface area contributed by atoms with Gasteiger partial charge in [0.25, 0.3) is 0 Å². The van der Waals surface area contributed by atoms with E-state index in [1.807, 2.05) is 0 Å². The molecule has 0 aromatic heterocycles. The summed E-state index contributed by atoms with van der Waals surface area (Å²) >= 11 is 0. The van der Waals surface area contributed by atoms with Crippen molar-refractivity contribution in [3.63, 3.8) is 0 Å². The lowest BCUT2D eigenvalue weighted by atomic mass is 9.97. The Balaban J connectivity index is 3.39. The van der Waals surface area contributed by atoms with Gasteiger partial charge in [-0.1, -0.05) is 0 Å². The average Bonchev–Trinajstić information content (AvgIpc) is 2.07. The molecule has 2 N–H and O–H groups in total. The number of ether oxygens (including phenoxy) is 1. The third kappa shape index (κ3) is 1.80. The Morgan fingerprint density at radius 2 is 1.93 bits per heavy atom. The second-order valence-electron chi connectivity index (χ2n) is 3.54. The van der Waals surface area contributed by atoms with Gasteiger partial charge in [0.15, 0.2) is 17.3 Å². The van der Waals surface area contributed by atoms with Gasteiger partial charge in [0, 0.05) is 5.56 Å². The zero-order valence-corrected chi connectivity index (χ0v) is 8.34. The molecule has 4 heteroatoms. The molecule has 0 saturated heterocycles. The highest BCUT2D eigenvalue weighted by molar-refractivity contribution is 5.48. The van der Waals surface area contributed by atoms with Crippen LogP contribution in [0.5, 0.6) is 11.5 Å². The minimum atomic E-state index is -1.18. The Kier molecular flexibility index (Phi) is 2.66. The summed E-state index contributed by atoms with van der Waals surface area (Å²) in [5.74, 6) is -1.38. The van der Waals surface area contributed by atoms with Crippen LogP contribution in [0.3, 0.4) is 0 Å². The molecule has 14 heavy (non-hydrogen) atoms. The molecule has 0 unspecified atom stereocenters. The fraction of sp³-hybridized carbons (Fsp3) is 0.400. The molecule has 0 bridgehead atoms. The molecule has 0 spiro atoms. The van der Waals surface area contributed by atoms with Gasteiger partial charge in [-0.05, 0) is 26.0 Å². The SMILES string of the molecule is COc1c(C(C)(C)O)ccc(F)c1O. The molecule has 0 atom stereocenters. The smallest absolute Gasteiger partial charge is 0.194 e. The lowest BCUT2D eigenvalue weighted by Gasteiger charge is -2.21. The molecule has 1 aromatic carbocycles. The number of hydrogen-bond donors (Lipinski definition) is 2. The Labute approximate surface area is 81.8 Å². The maximum absolute atomic E-state index is 12.9. The molecule has 0 aliphatic rings. The van der Waals surface area contributed by atoms with Gasteiger partial charge in [0.05, 0.1) is 12.7 Å². The molecule has 1 aromatic rings. The molecule has 78 valence electrons. The van der Waals surface area contributed by atoms with E-state index in [4.69, 9.17) is 4.74 Å². The summed E-state index contributed by atoms with van der Waals surface area (Å²) in [7, 11) is 1.31. The van der Waals surface area contributed by atoms with Crippen LogP contribution in [-0.4, -0.2) is 17.3 Å². The first-order valence-corrected chi connectivity index (χ1v) is 4.16. The zero-order valence-electron chi connectivity index (χ0n) is 8.34. The highest BCUT2D eigenvalue weighted by atomic mass is 19.1. The summed E-state index contributed by atoms with van der Waals surface area (Å²) in [5.41, 5.74) is -0.838. The molecule has 0 saturated carbocycles. The van der Waals surface area contributed by atoms with Crippen LogP contribution in [0, 0.1) is 5.82 Å². The first-order chi connectivity index (χ1) is 6.38. The van der Waals surface area contributed by atoms with Crippen molar-refractivity contribution in [2.75, 3.05) is 7.11 Å². The van der Waals surface area contributed by atoms with E-state index in [0.29, 0.717) is 5.56 Å². The van der Waals surface area contributed by atoms with Crippen molar-refractivity contribution in [1.29, 1.82) is 0 Å². The van der Waals surface area contributed by atoms with Gasteiger partial charge >= 0.3 is 0 Å². The highest BCUT2D eigenvalue weighted by Gasteiger charge is 2.24. The molecular weight excluding hydrogens is 187 g/mol. The van der Waals surface area contributed by atoms with Crippen LogP contribution in [0.15, 0.2) is 12.1 Å². The van der Waals surface area contributed by atoms with E-state index in [9.17, 15) is 14.6 Å². The molecule has 0 fully saturated rings. The normalized spacial score (nSPS) is 11.5. The molecule has 3 nitrogen and oxygen atoms in total. The number of methoxy groups -OCH3 is 1. The summed E-state index contributed by atoms with van der Waals surface area (Å²) in [6.07, 6.45) is 0. The zero-order chi connectivity index (χ0) is 10.9. The summed E-state index contributed by atoms with van der Waals surface area (Å²) < 4.78 is 17.8. The highest BCUT2D eigenvalue weighted by Crippen LogP contribution is 2.38. The first kappa shape index (κ1) is 10.8. The quantitative estimate of drug-likeness (QED) is 0.764. The molecule has 0 radical (unpaired) electrons. The third-order valence-electron chi connectivity index (χ3n) is 1.95. The van der Waals surface area contributed by atoms with Gasteiger partial charge in [0.2, 0.25) is 0 Å². The Bertz CT molecular complexity index is 342. The number of phenols is 1. The number of aromatic hydroxyl groups is 1. The fourth-order valence-electron chi connectivity index (χ4n) is 1.24. The summed E-state index contributed by atoms with van der Waals surface area (Å²) in [6, 6.07) is 2.47. The van der Waals surface area contributed by atoms with Crippen LogP contribution in [0.2, 0.25) is 0 Å². The summed E-state index contributed by atoms with van der Waals surface area (Å²) in [5, 5.41) is 19.0. The first-order valence-electron chi connectivity index (χ1n) is 4.16. The third-order valence-corrected chi connectivity index (χ3v) is 1.95. The maximum Gasteiger partial charge on any atom is 0.194 e. The van der Waals surface area contributed by atoms with E-state index in [1.54, 1.807) is 0 Å². The van der Waals surface area contributed by atoms with Gasteiger partial charge in [-0.3, -0.25) is 0 Å². The molecular formula is C10H13FO3. The van der Waals surface area contributed by atoms with Crippen molar-refractivity contribution in [3.8, 4) is 11.5 Å². The van der Waals surface area contributed by atoms with Crippen LogP contribution in [-0.2, 0) is 5.60 Å². The van der Waals surface area contributed by atoms with E-state index in [-0.39, 0.29) is 5.75 Å². The van der Waals surface area contributed by atoms with Crippen LogP contribution in [0.4, 0.5) is 4.39 Å². The van der Waals surface area contributed by atoms with Crippen molar-refractivity contribution >= 4 is 0 Å². The summed E-state index contributed by atoms with van der Waals surface area (Å²) in [4.78, 5) is 0. The minimum absolute atomic E-state index is 0.0301. The van der Waals surface area contributed by atoms with E-state index in [2.05, 4.69) is 0 Å². The van der Waals surface area contributed by atoms with Crippen LogP contribution >= 0.6 is 0 Å². The average molecular weight is 200 g/mol. The Hall–Kier alpha value is -1.29. The number of halogens is 1. The van der Waals surface area contributed by atoms with Crippen molar-refractivity contribution in [2.24, 2.45) is 0 Å². The van der Waals surface area contributed by atoms with Gasteiger partial charge in [-0.15, -0.1) is 0 Å². The Morgan fingerprint density at radius 1 is 1.36 bits per heavy atom. The number of benzene rings is 1. The van der Waals surface area contributed by atoms with E-state index in [1.165, 1.54) is 27.0 Å². The number of rotatable bonds is 2. The number of aliphatic hydroxyl groups is 1. The Morgan fingerprint density at radius 3 is 2.36 bits per heavy atom. The maximum atomic E-state index is 12.9. The van der Waals surface area contributed by atoms with Gasteiger partial charge in [-0.25, -0.2) is 4.39 Å². The van der Waals surface area contributed by atoms with Crippen molar-refractivity contribution in [1.82, 2.24) is 0 Å². The van der Waals surface area contributed by atoms with Crippen molar-refractivity contribution in [3.05, 3.63) is 23.5 Å². The van der Waals surface area contributed by atoms with E-state index in [0.717, 1.165) is 6.07 Å². The lowest BCUT2D eigenvalue weighted by molar-refractivity contribution is 0.0749. The van der Waals surface area contributed by atoms with Gasteiger partial charge in [0.1, 0.15) is 0 Å². The second-order valence-corrected chi connectivity index (χ2v) is 3.54. The number of hydrogen-bond acceptors (Lipinski definition) is 3. The van der Waals surface area contributed by atoms with Crippen molar-refractivity contribution < 1.29 is 19.3 Å². The van der Waals surface area contributed by atoms with Gasteiger partial charge < -0.3 is 14.9 Å². The van der Waals surface area contributed by atoms with Gasteiger partial charge in [-0.2, -0.15) is 0 Å². The van der Waals surface area contributed by atoms with Crippen LogP contribution < -0.4 is 4.74 Å². The van der Waals surface area contributed by atoms with E-state index < -0.39 is 17.2 Å². The standard InChI is InChI=1S/C10H13FO3/c1-10(2,13)6-4-5-7(11)8(12)9(6)14-3/h4-5,12-13H,1-3H3. The largest absolute Gasteiger partial charge is 0.502 e. The van der Waals surface area contributed by atoms with Crippen LogP contribution in [0.25, 0.3) is 0 Å². The monoisotopic (exact) mass is 200 g/mol. The van der Waals surface area contributed by atoms with Crippen molar-refractivity contribution in [2.45, 2.75) is 19.4 Å². The second kappa shape index (κ2) is 3.46. The van der Waals surface area contributed by atoms with Crippen LogP contribution in [0.1, 0.15) is 19.4 Å². The fourth-order valence-corrected chi connectivity index (χ4v) is 1.24. The minimum Gasteiger partial charge on any atom is -0.502 e. The van der Waals surface area contributed by atoms with E-state index >= 15 is 0 Å². The molecule has 0 aliphatic carbocycles. The molecule has 0 aliphatic heterocycles. The predicted molar refractivity (Wildman–Crippen MR) is 49.9 cm³/mol.